The monoisotopic (exact) mass is 697 g/mol. The van der Waals surface area contributed by atoms with E-state index < -0.39 is 27.8 Å². The summed E-state index contributed by atoms with van der Waals surface area (Å²) in [5, 5.41) is 0. The number of rotatable bonds is 10. The Labute approximate surface area is 258 Å². The van der Waals surface area contributed by atoms with E-state index in [4.69, 9.17) is 9.47 Å². The number of ether oxygens (including phenoxy) is 2. The third-order valence-corrected chi connectivity index (χ3v) is 9.22. The molecular formula is C31H28IN3O6S. The zero-order valence-corrected chi connectivity index (χ0v) is 25.5. The zero-order chi connectivity index (χ0) is 29.5. The van der Waals surface area contributed by atoms with Crippen LogP contribution in [0.15, 0.2) is 109 Å². The molecule has 0 unspecified atom stereocenters. The molecule has 1 heterocycles. The van der Waals surface area contributed by atoms with Crippen LogP contribution in [-0.4, -0.2) is 34.3 Å². The van der Waals surface area contributed by atoms with Gasteiger partial charge in [-0.1, -0.05) is 97.1 Å². The first-order chi connectivity index (χ1) is 20.3. The number of carbonyl (C=O) groups is 2. The van der Waals surface area contributed by atoms with E-state index in [-0.39, 0.29) is 37.7 Å². The Hall–Kier alpha value is -4.10. The van der Waals surface area contributed by atoms with Gasteiger partial charge in [-0.05, 0) is 34.4 Å². The molecule has 0 saturated carbocycles. The summed E-state index contributed by atoms with van der Waals surface area (Å²) >= 11 is 1.68. The van der Waals surface area contributed by atoms with Gasteiger partial charge in [0.1, 0.15) is 24.7 Å². The maximum Gasteiger partial charge on any atom is 0.410 e. The molecule has 9 nitrogen and oxygen atoms in total. The molecule has 2 amide bonds. The number of carbonyl (C=O) groups excluding carboxylic acids is 2. The lowest BCUT2D eigenvalue weighted by molar-refractivity contribution is -0.121. The molecule has 4 aromatic carbocycles. The molecule has 0 N–H and O–H groups in total. The van der Waals surface area contributed by atoms with Gasteiger partial charge in [-0.25, -0.2) is 13.2 Å². The molecule has 11 heteroatoms. The summed E-state index contributed by atoms with van der Waals surface area (Å²) in [5.74, 6) is -0.932. The first-order valence-corrected chi connectivity index (χ1v) is 15.7. The number of halogens is 1. The number of hydrogen-bond acceptors (Lipinski definition) is 6. The topological polar surface area (TPSA) is 96.5 Å². The van der Waals surface area contributed by atoms with Crippen LogP contribution in [0.25, 0.3) is 0 Å². The van der Waals surface area contributed by atoms with E-state index in [1.807, 2.05) is 91.0 Å². The van der Waals surface area contributed by atoms with Crippen molar-refractivity contribution in [3.05, 3.63) is 131 Å². The van der Waals surface area contributed by atoms with Crippen molar-refractivity contribution in [2.24, 2.45) is 0 Å². The number of amides is 2. The van der Waals surface area contributed by atoms with Crippen LogP contribution in [0.2, 0.25) is 0 Å². The highest BCUT2D eigenvalue weighted by Crippen LogP contribution is 2.38. The fourth-order valence-corrected chi connectivity index (χ4v) is 7.16. The van der Waals surface area contributed by atoms with E-state index in [9.17, 15) is 18.0 Å². The Morgan fingerprint density at radius 2 is 1.31 bits per heavy atom. The smallest absolute Gasteiger partial charge is 0.410 e. The molecule has 4 aromatic rings. The van der Waals surface area contributed by atoms with Crippen LogP contribution in [0.5, 0.6) is 5.75 Å². The van der Waals surface area contributed by atoms with Crippen molar-refractivity contribution in [2.75, 3.05) is 10.2 Å². The molecule has 0 aromatic heterocycles. The van der Waals surface area contributed by atoms with Crippen LogP contribution >= 0.6 is 22.9 Å². The van der Waals surface area contributed by atoms with E-state index in [1.54, 1.807) is 46.0 Å². The van der Waals surface area contributed by atoms with Gasteiger partial charge in [0.2, 0.25) is 0 Å². The van der Waals surface area contributed by atoms with Crippen molar-refractivity contribution in [2.45, 2.75) is 26.3 Å². The van der Waals surface area contributed by atoms with Crippen molar-refractivity contribution in [3.8, 4) is 5.75 Å². The van der Waals surface area contributed by atoms with Crippen molar-refractivity contribution < 1.29 is 27.5 Å². The molecule has 1 saturated heterocycles. The summed E-state index contributed by atoms with van der Waals surface area (Å²) in [4.78, 5) is 27.3. The van der Waals surface area contributed by atoms with Gasteiger partial charge in [0.25, 0.3) is 15.9 Å². The Kier molecular flexibility index (Phi) is 9.28. The van der Waals surface area contributed by atoms with E-state index in [0.717, 1.165) is 24.3 Å². The minimum Gasteiger partial charge on any atom is -0.487 e. The lowest BCUT2D eigenvalue weighted by atomic mass is 10.1. The molecule has 0 aliphatic carbocycles. The molecule has 0 atom stereocenters. The normalized spacial score (nSPS) is 14.1. The largest absolute Gasteiger partial charge is 0.487 e. The molecule has 1 aliphatic rings. The maximum absolute atomic E-state index is 13.3. The van der Waals surface area contributed by atoms with Crippen LogP contribution in [-0.2, 0) is 45.9 Å². The second kappa shape index (κ2) is 13.3. The van der Waals surface area contributed by atoms with Crippen LogP contribution in [0.4, 0.5) is 10.5 Å². The third kappa shape index (κ3) is 7.21. The highest BCUT2D eigenvalue weighted by Gasteiger charge is 2.42. The van der Waals surface area contributed by atoms with Crippen LogP contribution < -0.4 is 9.15 Å². The van der Waals surface area contributed by atoms with Crippen molar-refractivity contribution >= 4 is 50.6 Å². The quantitative estimate of drug-likeness (QED) is 0.153. The number of benzene rings is 4. The molecule has 42 heavy (non-hydrogen) atoms. The number of hydrazine groups is 1. The second-order valence-corrected chi connectivity index (χ2v) is 12.3. The average Bonchev–Trinajstić information content (AvgIpc) is 3.21. The van der Waals surface area contributed by atoms with E-state index in [2.05, 4.69) is 0 Å². The highest BCUT2D eigenvalue weighted by atomic mass is 127. The summed E-state index contributed by atoms with van der Waals surface area (Å²) in [6.07, 6.45) is -0.520. The number of sulfonamides is 1. The summed E-state index contributed by atoms with van der Waals surface area (Å²) < 4.78 is 39.7. The van der Waals surface area contributed by atoms with Gasteiger partial charge in [0.15, 0.2) is 5.75 Å². The summed E-state index contributed by atoms with van der Waals surface area (Å²) in [6, 6.07) is 33.4. The predicted octanol–water partition coefficient (Wildman–Crippen LogP) is 5.85. The van der Waals surface area contributed by atoms with E-state index >= 15 is 0 Å². The van der Waals surface area contributed by atoms with Crippen molar-refractivity contribution in [1.82, 2.24) is 8.12 Å². The van der Waals surface area contributed by atoms with Gasteiger partial charge in [0.05, 0.1) is 22.9 Å². The number of nitrogens with zero attached hydrogens (tertiary/aromatic N) is 3. The van der Waals surface area contributed by atoms with Gasteiger partial charge in [0, 0.05) is 13.1 Å². The SMILES string of the molecule is O=C(OCc1ccccc1)N(Cc1ccccc1)Cc1ccc(OCc2ccccc2)c(N2N(I)C(=O)CS2(=O)=O)c1. The van der Waals surface area contributed by atoms with Crippen LogP contribution in [0, 0.1) is 0 Å². The standard InChI is InChI=1S/C31H28IN3O6S/c32-34-30(36)23-42(38,39)35(34)28-18-27(16-17-29(28)40-21-25-12-6-2-7-13-25)20-33(19-24-10-4-1-5-11-24)31(37)41-22-26-14-8-3-9-15-26/h1-18H,19-23H2. The Balaban J connectivity index is 1.44. The molecule has 5 rings (SSSR count). The first-order valence-electron chi connectivity index (χ1n) is 13.1. The van der Waals surface area contributed by atoms with Crippen LogP contribution in [0.3, 0.4) is 0 Å². The van der Waals surface area contributed by atoms with E-state index in [1.165, 1.54) is 0 Å². The van der Waals surface area contributed by atoms with Crippen LogP contribution in [0.1, 0.15) is 22.3 Å². The number of anilines is 1. The Morgan fingerprint density at radius 3 is 1.88 bits per heavy atom. The molecule has 216 valence electrons. The summed E-state index contributed by atoms with van der Waals surface area (Å²) in [7, 11) is -3.98. The predicted molar refractivity (Wildman–Crippen MR) is 167 cm³/mol. The second-order valence-electron chi connectivity index (χ2n) is 9.61. The summed E-state index contributed by atoms with van der Waals surface area (Å²) in [6.45, 7) is 0.704. The van der Waals surface area contributed by atoms with Gasteiger partial charge in [-0.15, -0.1) is 0 Å². The van der Waals surface area contributed by atoms with Gasteiger partial charge in [-0.3, -0.25) is 9.69 Å². The van der Waals surface area contributed by atoms with Gasteiger partial charge < -0.3 is 9.47 Å². The van der Waals surface area contributed by atoms with Crippen molar-refractivity contribution in [3.63, 3.8) is 0 Å². The maximum atomic E-state index is 13.3. The lowest BCUT2D eigenvalue weighted by Crippen LogP contribution is -2.34. The van der Waals surface area contributed by atoms with E-state index in [0.29, 0.717) is 5.56 Å². The third-order valence-electron chi connectivity index (χ3n) is 6.45. The molecule has 0 spiro atoms. The van der Waals surface area contributed by atoms with Gasteiger partial charge >= 0.3 is 6.09 Å². The first kappa shape index (κ1) is 29.4. The molecule has 0 radical (unpaired) electrons. The molecule has 1 aliphatic heterocycles. The fraction of sp³-hybridized carbons (Fsp3) is 0.161. The number of hydrogen-bond donors (Lipinski definition) is 0. The average molecular weight is 698 g/mol. The minimum absolute atomic E-state index is 0.112. The van der Waals surface area contributed by atoms with Crippen molar-refractivity contribution in [1.29, 1.82) is 0 Å². The minimum atomic E-state index is -3.98. The summed E-state index contributed by atoms with van der Waals surface area (Å²) in [5.41, 5.74) is 3.47. The van der Waals surface area contributed by atoms with Gasteiger partial charge in [-0.2, -0.15) is 7.64 Å². The highest BCUT2D eigenvalue weighted by molar-refractivity contribution is 14.1. The molecule has 0 bridgehead atoms. The molecular weight excluding hydrogens is 669 g/mol. The Bertz CT molecular complexity index is 1640. The molecule has 1 fully saturated rings. The zero-order valence-electron chi connectivity index (χ0n) is 22.5. The Morgan fingerprint density at radius 1 is 0.762 bits per heavy atom. The fourth-order valence-electron chi connectivity index (χ4n) is 4.41. The lowest BCUT2D eigenvalue weighted by Gasteiger charge is -2.26.